The van der Waals surface area contributed by atoms with Crippen LogP contribution in [-0.4, -0.2) is 4.98 Å². The smallest absolute Gasteiger partial charge is 0.228 e. The lowest BCUT2D eigenvalue weighted by atomic mass is 9.98. The maximum absolute atomic E-state index is 6.45. The lowest BCUT2D eigenvalue weighted by Crippen LogP contribution is -2.30. The molecule has 0 spiro atoms. The van der Waals surface area contributed by atoms with E-state index in [2.05, 4.69) is 91.5 Å². The summed E-state index contributed by atoms with van der Waals surface area (Å²) in [5.41, 5.74) is 6.05. The first kappa shape index (κ1) is 17.2. The number of aromatic nitrogens is 2. The Bertz CT molecular complexity index is 1630. The average Bonchev–Trinajstić information content (AvgIpc) is 3.12. The Morgan fingerprint density at radius 1 is 0.800 bits per heavy atom. The monoisotopic (exact) mass is 389 g/mol. The van der Waals surface area contributed by atoms with Crippen molar-refractivity contribution < 1.29 is 8.98 Å². The van der Waals surface area contributed by atoms with Gasteiger partial charge in [-0.25, -0.2) is 9.55 Å². The zero-order chi connectivity index (χ0) is 20.4. The summed E-state index contributed by atoms with van der Waals surface area (Å²) in [6, 6.07) is 23.5. The first-order valence-electron chi connectivity index (χ1n) is 10.2. The fourth-order valence-electron chi connectivity index (χ4n) is 4.67. The Balaban J connectivity index is 1.78. The molecule has 3 aromatic carbocycles. The van der Waals surface area contributed by atoms with Crippen LogP contribution in [0, 0.1) is 13.8 Å². The summed E-state index contributed by atoms with van der Waals surface area (Å²) >= 11 is 0. The third kappa shape index (κ3) is 2.32. The Kier molecular flexibility index (Phi) is 3.51. The first-order valence-corrected chi connectivity index (χ1v) is 10.2. The lowest BCUT2D eigenvalue weighted by molar-refractivity contribution is -0.659. The molecule has 3 heterocycles. The van der Waals surface area contributed by atoms with Crippen LogP contribution in [0.1, 0.15) is 11.3 Å². The van der Waals surface area contributed by atoms with Crippen molar-refractivity contribution in [2.75, 3.05) is 0 Å². The Labute approximate surface area is 174 Å². The Hall–Kier alpha value is -3.72. The largest absolute Gasteiger partial charge is 0.437 e. The van der Waals surface area contributed by atoms with Crippen LogP contribution in [0.3, 0.4) is 0 Å². The maximum Gasteiger partial charge on any atom is 0.228 e. The van der Waals surface area contributed by atoms with E-state index in [0.717, 1.165) is 33.3 Å². The Morgan fingerprint density at radius 3 is 2.37 bits per heavy atom. The zero-order valence-corrected chi connectivity index (χ0v) is 17.2. The summed E-state index contributed by atoms with van der Waals surface area (Å²) in [4.78, 5) is 4.80. The van der Waals surface area contributed by atoms with Gasteiger partial charge in [-0.15, -0.1) is 0 Å². The normalized spacial score (nSPS) is 11.8. The van der Waals surface area contributed by atoms with Gasteiger partial charge in [-0.2, -0.15) is 0 Å². The summed E-state index contributed by atoms with van der Waals surface area (Å²) in [5, 5.41) is 7.01. The predicted molar refractivity (Wildman–Crippen MR) is 123 cm³/mol. The van der Waals surface area contributed by atoms with Crippen molar-refractivity contribution >= 4 is 43.6 Å². The van der Waals surface area contributed by atoms with Crippen molar-refractivity contribution in [1.82, 2.24) is 4.98 Å². The fraction of sp³-hybridized carbons (Fsp3) is 0.111. The van der Waals surface area contributed by atoms with Crippen LogP contribution in [0.2, 0.25) is 0 Å². The van der Waals surface area contributed by atoms with Crippen LogP contribution in [0.25, 0.3) is 54.9 Å². The van der Waals surface area contributed by atoms with E-state index >= 15 is 0 Å². The molecule has 3 nitrogen and oxygen atoms in total. The molecule has 0 amide bonds. The third-order valence-corrected chi connectivity index (χ3v) is 6.16. The molecule has 0 unspecified atom stereocenters. The van der Waals surface area contributed by atoms with Crippen LogP contribution >= 0.6 is 0 Å². The summed E-state index contributed by atoms with van der Waals surface area (Å²) in [6.45, 7) is 4.19. The van der Waals surface area contributed by atoms with Crippen molar-refractivity contribution in [1.29, 1.82) is 0 Å². The van der Waals surface area contributed by atoms with Crippen LogP contribution in [-0.2, 0) is 7.05 Å². The van der Waals surface area contributed by atoms with Gasteiger partial charge in [-0.1, -0.05) is 54.6 Å². The van der Waals surface area contributed by atoms with Gasteiger partial charge in [-0.05, 0) is 36.2 Å². The molecule has 30 heavy (non-hydrogen) atoms. The minimum absolute atomic E-state index is 0.705. The van der Waals surface area contributed by atoms with Gasteiger partial charge < -0.3 is 4.42 Å². The van der Waals surface area contributed by atoms with Crippen molar-refractivity contribution in [2.24, 2.45) is 7.05 Å². The molecular weight excluding hydrogens is 368 g/mol. The molecule has 0 aliphatic carbocycles. The number of furan rings is 1. The van der Waals surface area contributed by atoms with Crippen molar-refractivity contribution in [3.63, 3.8) is 0 Å². The summed E-state index contributed by atoms with van der Waals surface area (Å²) in [5.74, 6) is 0. The number of nitrogens with zero attached hydrogens (tertiary/aromatic N) is 2. The van der Waals surface area contributed by atoms with Gasteiger partial charge in [-0.3, -0.25) is 0 Å². The summed E-state index contributed by atoms with van der Waals surface area (Å²) < 4.78 is 8.64. The third-order valence-electron chi connectivity index (χ3n) is 6.16. The fourth-order valence-corrected chi connectivity index (χ4v) is 4.67. The molecule has 0 saturated carbocycles. The van der Waals surface area contributed by atoms with Gasteiger partial charge in [0.05, 0.1) is 10.9 Å². The molecule has 0 fully saturated rings. The van der Waals surface area contributed by atoms with E-state index in [1.165, 1.54) is 27.1 Å². The molecule has 3 heteroatoms. The number of hydrogen-bond acceptors (Lipinski definition) is 2. The minimum atomic E-state index is 0.705. The standard InChI is InChI=1S/C27H21N2O/c1-16-12-13-22-25-21-11-7-6-10-20(21)17(2)28-27(25)30-26(22)24(16)23-14-18-8-4-5-9-19(18)15-29(23)3/h4-15H,1-3H3/q+1. The van der Waals surface area contributed by atoms with Crippen molar-refractivity contribution in [3.05, 3.63) is 84.2 Å². The van der Waals surface area contributed by atoms with Crippen LogP contribution in [0.15, 0.2) is 77.3 Å². The van der Waals surface area contributed by atoms with Gasteiger partial charge in [0.15, 0.2) is 11.8 Å². The highest BCUT2D eigenvalue weighted by atomic mass is 16.3. The summed E-state index contributed by atoms with van der Waals surface area (Å²) in [7, 11) is 2.10. The van der Waals surface area contributed by atoms with E-state index in [0.29, 0.717) is 5.71 Å². The molecule has 0 aliphatic rings. The second-order valence-electron chi connectivity index (χ2n) is 8.06. The highest BCUT2D eigenvalue weighted by molar-refractivity contribution is 6.20. The molecular formula is C27H21N2O+. The minimum Gasteiger partial charge on any atom is -0.437 e. The number of aryl methyl sites for hydroxylation is 3. The van der Waals surface area contributed by atoms with E-state index in [4.69, 9.17) is 9.40 Å². The molecule has 6 aromatic rings. The molecule has 144 valence electrons. The van der Waals surface area contributed by atoms with Gasteiger partial charge in [0.1, 0.15) is 7.05 Å². The number of fused-ring (bicyclic) bond motifs is 6. The second-order valence-corrected chi connectivity index (χ2v) is 8.06. The molecule has 0 saturated heterocycles. The molecule has 0 N–H and O–H groups in total. The number of pyridine rings is 2. The number of benzene rings is 3. The van der Waals surface area contributed by atoms with E-state index in [1.54, 1.807) is 0 Å². The Morgan fingerprint density at radius 2 is 1.53 bits per heavy atom. The van der Waals surface area contributed by atoms with Gasteiger partial charge in [0, 0.05) is 27.9 Å². The maximum atomic E-state index is 6.45. The summed E-state index contributed by atoms with van der Waals surface area (Å²) in [6.07, 6.45) is 2.18. The molecule has 0 atom stereocenters. The van der Waals surface area contributed by atoms with Gasteiger partial charge >= 0.3 is 0 Å². The van der Waals surface area contributed by atoms with Gasteiger partial charge in [0.25, 0.3) is 0 Å². The molecule has 3 aromatic heterocycles. The van der Waals surface area contributed by atoms with Gasteiger partial charge in [0.2, 0.25) is 11.4 Å². The SMILES string of the molecule is Cc1ccc2c(oc3nc(C)c4ccccc4c32)c1-c1cc2ccccc2c[n+]1C. The van der Waals surface area contributed by atoms with Crippen molar-refractivity contribution in [3.8, 4) is 11.3 Å². The first-order chi connectivity index (χ1) is 14.6. The average molecular weight is 389 g/mol. The zero-order valence-electron chi connectivity index (χ0n) is 17.2. The van der Waals surface area contributed by atoms with E-state index in [-0.39, 0.29) is 0 Å². The highest BCUT2D eigenvalue weighted by Crippen LogP contribution is 2.40. The van der Waals surface area contributed by atoms with Crippen molar-refractivity contribution in [2.45, 2.75) is 13.8 Å². The van der Waals surface area contributed by atoms with E-state index in [9.17, 15) is 0 Å². The quantitative estimate of drug-likeness (QED) is 0.305. The number of rotatable bonds is 1. The lowest BCUT2D eigenvalue weighted by Gasteiger charge is -2.07. The van der Waals surface area contributed by atoms with Crippen LogP contribution < -0.4 is 4.57 Å². The molecule has 0 aliphatic heterocycles. The second kappa shape index (κ2) is 6.14. The molecule has 6 rings (SSSR count). The van der Waals surface area contributed by atoms with E-state index in [1.807, 2.05) is 6.92 Å². The highest BCUT2D eigenvalue weighted by Gasteiger charge is 2.23. The van der Waals surface area contributed by atoms with Crippen LogP contribution in [0.4, 0.5) is 0 Å². The van der Waals surface area contributed by atoms with E-state index < -0.39 is 0 Å². The number of hydrogen-bond donors (Lipinski definition) is 0. The molecule has 0 radical (unpaired) electrons. The molecule has 0 bridgehead atoms. The topological polar surface area (TPSA) is 29.9 Å². The predicted octanol–water partition coefficient (Wildman–Crippen LogP) is 6.40. The van der Waals surface area contributed by atoms with Crippen LogP contribution in [0.5, 0.6) is 0 Å².